The van der Waals surface area contributed by atoms with Gasteiger partial charge >= 0.3 is 0 Å². The van der Waals surface area contributed by atoms with E-state index in [-0.39, 0.29) is 6.04 Å². The third kappa shape index (κ3) is 2.23. The summed E-state index contributed by atoms with van der Waals surface area (Å²) in [5, 5.41) is 3.35. The van der Waals surface area contributed by atoms with Crippen molar-refractivity contribution in [3.8, 4) is 0 Å². The van der Waals surface area contributed by atoms with Gasteiger partial charge in [-0.25, -0.2) is 0 Å². The van der Waals surface area contributed by atoms with Crippen molar-refractivity contribution in [1.82, 2.24) is 10.2 Å². The van der Waals surface area contributed by atoms with Gasteiger partial charge in [0, 0.05) is 11.3 Å². The molecule has 1 aliphatic carbocycles. The van der Waals surface area contributed by atoms with Crippen LogP contribution in [-0.2, 0) is 4.79 Å². The zero-order valence-corrected chi connectivity index (χ0v) is 11.3. The van der Waals surface area contributed by atoms with E-state index in [1.165, 1.54) is 12.8 Å². The van der Waals surface area contributed by atoms with Crippen molar-refractivity contribution < 1.29 is 4.79 Å². The first kappa shape index (κ1) is 12.2. The molecule has 16 heavy (non-hydrogen) atoms. The van der Waals surface area contributed by atoms with Crippen LogP contribution in [0.25, 0.3) is 0 Å². The maximum atomic E-state index is 12.2. The zero-order valence-electron chi connectivity index (χ0n) is 10.5. The minimum Gasteiger partial charge on any atom is -0.327 e. The Kier molecular flexibility index (Phi) is 3.50. The summed E-state index contributed by atoms with van der Waals surface area (Å²) in [4.78, 5) is 14.2. The summed E-state index contributed by atoms with van der Waals surface area (Å²) >= 11 is 1.92. The fraction of sp³-hybridized carbons (Fsp3) is 0.917. The molecule has 2 fully saturated rings. The second kappa shape index (κ2) is 4.57. The van der Waals surface area contributed by atoms with E-state index < -0.39 is 0 Å². The van der Waals surface area contributed by atoms with E-state index >= 15 is 0 Å². The van der Waals surface area contributed by atoms with Crippen LogP contribution in [0.1, 0.15) is 33.1 Å². The third-order valence-corrected chi connectivity index (χ3v) is 5.42. The molecule has 0 radical (unpaired) electrons. The van der Waals surface area contributed by atoms with E-state index in [2.05, 4.69) is 25.4 Å². The smallest absolute Gasteiger partial charge is 0.241 e. The fourth-order valence-corrected chi connectivity index (χ4v) is 3.09. The largest absolute Gasteiger partial charge is 0.327 e. The first-order valence-corrected chi connectivity index (χ1v) is 7.41. The number of carbonyl (C=O) groups is 1. The molecule has 1 saturated heterocycles. The number of hydrogen-bond acceptors (Lipinski definition) is 3. The minimum atomic E-state index is 0.0580. The molecule has 2 aliphatic rings. The fourth-order valence-electron chi connectivity index (χ4n) is 2.30. The standard InChI is InChI=1S/C12H22N2OS/c1-4-9(2)10-11(15)14(8-13-10)7-12(16-3)5-6-12/h9-10,13H,4-8H2,1-3H3. The summed E-state index contributed by atoms with van der Waals surface area (Å²) in [6.45, 7) is 5.98. The number of hydrogen-bond donors (Lipinski definition) is 1. The van der Waals surface area contributed by atoms with Gasteiger partial charge in [-0.2, -0.15) is 11.8 Å². The van der Waals surface area contributed by atoms with Gasteiger partial charge in [0.15, 0.2) is 0 Å². The highest BCUT2D eigenvalue weighted by molar-refractivity contribution is 8.00. The van der Waals surface area contributed by atoms with Crippen LogP contribution < -0.4 is 5.32 Å². The molecule has 92 valence electrons. The van der Waals surface area contributed by atoms with E-state index in [4.69, 9.17) is 0 Å². The van der Waals surface area contributed by atoms with Gasteiger partial charge in [0.25, 0.3) is 0 Å². The summed E-state index contributed by atoms with van der Waals surface area (Å²) in [6.07, 6.45) is 5.76. The number of nitrogens with zero attached hydrogens (tertiary/aromatic N) is 1. The number of thioether (sulfide) groups is 1. The molecule has 2 unspecified atom stereocenters. The molecule has 3 nitrogen and oxygen atoms in total. The SMILES string of the molecule is CCC(C)C1NCN(CC2(SC)CC2)C1=O. The Bertz CT molecular complexity index is 278. The van der Waals surface area contributed by atoms with Crippen LogP contribution in [0.4, 0.5) is 0 Å². The molecule has 1 amide bonds. The van der Waals surface area contributed by atoms with Gasteiger partial charge < -0.3 is 4.90 Å². The predicted octanol–water partition coefficient (Wildman–Crippen LogP) is 1.69. The monoisotopic (exact) mass is 242 g/mol. The van der Waals surface area contributed by atoms with Gasteiger partial charge in [-0.15, -0.1) is 0 Å². The predicted molar refractivity (Wildman–Crippen MR) is 68.4 cm³/mol. The molecule has 0 spiro atoms. The first-order chi connectivity index (χ1) is 7.62. The second-order valence-electron chi connectivity index (χ2n) is 5.15. The highest BCUT2D eigenvalue weighted by atomic mass is 32.2. The summed E-state index contributed by atoms with van der Waals surface area (Å²) in [5.74, 6) is 0.761. The molecule has 2 rings (SSSR count). The number of nitrogens with one attached hydrogen (secondary N) is 1. The summed E-state index contributed by atoms with van der Waals surface area (Å²) in [5.41, 5.74) is 0. The van der Waals surface area contributed by atoms with Crippen LogP contribution in [0.2, 0.25) is 0 Å². The van der Waals surface area contributed by atoms with Crippen LogP contribution in [0.5, 0.6) is 0 Å². The van der Waals surface area contributed by atoms with Gasteiger partial charge in [0.1, 0.15) is 0 Å². The Morgan fingerprint density at radius 2 is 2.31 bits per heavy atom. The van der Waals surface area contributed by atoms with Crippen molar-refractivity contribution >= 4 is 17.7 Å². The van der Waals surface area contributed by atoms with Crippen LogP contribution in [0.15, 0.2) is 0 Å². The molecule has 4 heteroatoms. The summed E-state index contributed by atoms with van der Waals surface area (Å²) in [7, 11) is 0. The lowest BCUT2D eigenvalue weighted by Gasteiger charge is -2.22. The lowest BCUT2D eigenvalue weighted by Crippen LogP contribution is -2.38. The molecule has 1 aliphatic heterocycles. The summed E-state index contributed by atoms with van der Waals surface area (Å²) in [6, 6.07) is 0.0580. The lowest BCUT2D eigenvalue weighted by atomic mass is 9.99. The maximum absolute atomic E-state index is 12.2. The maximum Gasteiger partial charge on any atom is 0.241 e. The van der Waals surface area contributed by atoms with Crippen molar-refractivity contribution in [1.29, 1.82) is 0 Å². The van der Waals surface area contributed by atoms with Crippen molar-refractivity contribution in [3.63, 3.8) is 0 Å². The number of amides is 1. The molecule has 0 aromatic carbocycles. The Labute approximate surface area is 102 Å². The highest BCUT2D eigenvalue weighted by Gasteiger charge is 2.46. The van der Waals surface area contributed by atoms with E-state index in [0.29, 0.717) is 16.6 Å². The van der Waals surface area contributed by atoms with E-state index in [9.17, 15) is 4.79 Å². The molecule has 0 aromatic rings. The Hall–Kier alpha value is -0.220. The normalized spacial score (nSPS) is 29.6. The molecule has 1 N–H and O–H groups in total. The van der Waals surface area contributed by atoms with Gasteiger partial charge in [0.2, 0.25) is 5.91 Å². The molecule has 0 aromatic heterocycles. The van der Waals surface area contributed by atoms with Gasteiger partial charge in [0.05, 0.1) is 12.7 Å². The van der Waals surface area contributed by atoms with Crippen molar-refractivity contribution in [2.75, 3.05) is 19.5 Å². The average molecular weight is 242 g/mol. The summed E-state index contributed by atoms with van der Waals surface area (Å²) < 4.78 is 0.391. The zero-order chi connectivity index (χ0) is 11.8. The molecule has 0 bridgehead atoms. The Balaban J connectivity index is 1.92. The van der Waals surface area contributed by atoms with Crippen LogP contribution in [0, 0.1) is 5.92 Å². The van der Waals surface area contributed by atoms with Crippen molar-refractivity contribution in [3.05, 3.63) is 0 Å². The second-order valence-corrected chi connectivity index (χ2v) is 6.42. The molecule has 2 atom stereocenters. The molecular formula is C12H22N2OS. The first-order valence-electron chi connectivity index (χ1n) is 6.19. The topological polar surface area (TPSA) is 32.3 Å². The quantitative estimate of drug-likeness (QED) is 0.796. The van der Waals surface area contributed by atoms with E-state index in [1.54, 1.807) is 0 Å². The van der Waals surface area contributed by atoms with Gasteiger partial charge in [-0.05, 0) is 25.0 Å². The number of carbonyl (C=O) groups excluding carboxylic acids is 1. The third-order valence-electron chi connectivity index (χ3n) is 4.01. The van der Waals surface area contributed by atoms with Gasteiger partial charge in [-0.1, -0.05) is 20.3 Å². The Morgan fingerprint density at radius 1 is 1.62 bits per heavy atom. The Morgan fingerprint density at radius 3 is 2.81 bits per heavy atom. The van der Waals surface area contributed by atoms with Crippen molar-refractivity contribution in [2.45, 2.75) is 43.9 Å². The van der Waals surface area contributed by atoms with Crippen LogP contribution in [0.3, 0.4) is 0 Å². The van der Waals surface area contributed by atoms with Gasteiger partial charge in [-0.3, -0.25) is 10.1 Å². The number of rotatable bonds is 5. The van der Waals surface area contributed by atoms with E-state index in [1.807, 2.05) is 16.7 Å². The van der Waals surface area contributed by atoms with Crippen LogP contribution in [-0.4, -0.2) is 41.1 Å². The molecular weight excluding hydrogens is 220 g/mol. The minimum absolute atomic E-state index is 0.0580. The average Bonchev–Trinajstić information content (AvgIpc) is 2.99. The highest BCUT2D eigenvalue weighted by Crippen LogP contribution is 2.47. The molecule has 1 heterocycles. The molecule has 1 saturated carbocycles. The van der Waals surface area contributed by atoms with E-state index in [0.717, 1.165) is 19.6 Å². The van der Waals surface area contributed by atoms with Crippen molar-refractivity contribution in [2.24, 2.45) is 5.92 Å². The lowest BCUT2D eigenvalue weighted by molar-refractivity contribution is -0.129. The van der Waals surface area contributed by atoms with Crippen LogP contribution >= 0.6 is 11.8 Å².